The summed E-state index contributed by atoms with van der Waals surface area (Å²) in [4.78, 5) is 13.0. The van der Waals surface area contributed by atoms with Gasteiger partial charge in [-0.05, 0) is 36.1 Å². The first kappa shape index (κ1) is 23.1. The van der Waals surface area contributed by atoms with Gasteiger partial charge >= 0.3 is 5.97 Å². The van der Waals surface area contributed by atoms with E-state index in [0.29, 0.717) is 12.1 Å². The summed E-state index contributed by atoms with van der Waals surface area (Å²) in [7, 11) is 0. The van der Waals surface area contributed by atoms with Gasteiger partial charge in [0.25, 0.3) is 0 Å². The standard InChI is InChI=1S/C29H23F2NO2S/c1-3-26(33)34-28-22(8-6-9-24(28)31)23-16-15-21-20-7-4-5-10-25(20)32(27(21)29(23)35-2)17-18-11-13-19(30)14-12-18/h4-16H,3,17H2,1-2H3. The maximum Gasteiger partial charge on any atom is 0.311 e. The lowest BCUT2D eigenvalue weighted by Gasteiger charge is -2.16. The van der Waals surface area contributed by atoms with Gasteiger partial charge in [-0.1, -0.05) is 61.5 Å². The highest BCUT2D eigenvalue weighted by Crippen LogP contribution is 2.44. The Bertz CT molecular complexity index is 1560. The van der Waals surface area contributed by atoms with E-state index in [1.165, 1.54) is 18.2 Å². The van der Waals surface area contributed by atoms with E-state index in [0.717, 1.165) is 37.8 Å². The number of ether oxygens (including phenoxy) is 1. The van der Waals surface area contributed by atoms with Crippen molar-refractivity contribution in [2.24, 2.45) is 0 Å². The maximum atomic E-state index is 14.8. The number of thioether (sulfide) groups is 1. The minimum atomic E-state index is -0.580. The average Bonchev–Trinajstić information content (AvgIpc) is 3.19. The Labute approximate surface area is 206 Å². The van der Waals surface area contributed by atoms with Crippen LogP contribution in [0.2, 0.25) is 0 Å². The second kappa shape index (κ2) is 9.55. The van der Waals surface area contributed by atoms with E-state index in [9.17, 15) is 13.6 Å². The van der Waals surface area contributed by atoms with E-state index in [1.54, 1.807) is 43.0 Å². The molecular formula is C29H23F2NO2S. The topological polar surface area (TPSA) is 31.2 Å². The Kier molecular flexibility index (Phi) is 6.31. The van der Waals surface area contributed by atoms with Crippen molar-refractivity contribution in [3.8, 4) is 16.9 Å². The molecule has 0 aliphatic rings. The number of benzene rings is 4. The number of para-hydroxylation sites is 2. The monoisotopic (exact) mass is 487 g/mol. The fraction of sp³-hybridized carbons (Fsp3) is 0.138. The molecule has 3 nitrogen and oxygen atoms in total. The summed E-state index contributed by atoms with van der Waals surface area (Å²) < 4.78 is 36.0. The number of carbonyl (C=O) groups is 1. The van der Waals surface area contributed by atoms with Gasteiger partial charge in [0.15, 0.2) is 11.6 Å². The molecule has 0 fully saturated rings. The van der Waals surface area contributed by atoms with Crippen LogP contribution in [0.5, 0.6) is 5.75 Å². The molecule has 0 aliphatic carbocycles. The molecule has 6 heteroatoms. The highest BCUT2D eigenvalue weighted by molar-refractivity contribution is 7.99. The number of hydrogen-bond acceptors (Lipinski definition) is 3. The molecule has 0 amide bonds. The summed E-state index contributed by atoms with van der Waals surface area (Å²) >= 11 is 1.56. The molecule has 35 heavy (non-hydrogen) atoms. The Morgan fingerprint density at radius 2 is 1.66 bits per heavy atom. The zero-order valence-corrected chi connectivity index (χ0v) is 20.2. The Balaban J connectivity index is 1.79. The molecule has 0 N–H and O–H groups in total. The van der Waals surface area contributed by atoms with Crippen LogP contribution >= 0.6 is 11.8 Å². The number of carbonyl (C=O) groups excluding carboxylic acids is 1. The van der Waals surface area contributed by atoms with Crippen LogP contribution in [0.25, 0.3) is 32.9 Å². The fourth-order valence-corrected chi connectivity index (χ4v) is 5.29. The Morgan fingerprint density at radius 1 is 0.886 bits per heavy atom. The maximum absolute atomic E-state index is 14.8. The Hall–Kier alpha value is -3.64. The van der Waals surface area contributed by atoms with Crippen molar-refractivity contribution in [3.05, 3.63) is 96.1 Å². The molecule has 0 atom stereocenters. The SMILES string of the molecule is CCC(=O)Oc1c(F)cccc1-c1ccc2c3ccccc3n(Cc3ccc(F)cc3)c2c1SC. The van der Waals surface area contributed by atoms with Crippen molar-refractivity contribution in [2.75, 3.05) is 6.26 Å². The second-order valence-electron chi connectivity index (χ2n) is 8.22. The molecule has 1 aromatic heterocycles. The van der Waals surface area contributed by atoms with Crippen molar-refractivity contribution >= 4 is 39.5 Å². The number of halogens is 2. The molecule has 5 rings (SSSR count). The average molecular weight is 488 g/mol. The van der Waals surface area contributed by atoms with Crippen LogP contribution in [-0.2, 0) is 11.3 Å². The van der Waals surface area contributed by atoms with Crippen LogP contribution in [-0.4, -0.2) is 16.8 Å². The van der Waals surface area contributed by atoms with Gasteiger partial charge in [0.1, 0.15) is 5.82 Å². The van der Waals surface area contributed by atoms with Gasteiger partial charge in [0.05, 0.1) is 5.52 Å². The lowest BCUT2D eigenvalue weighted by atomic mass is 10.0. The molecule has 0 radical (unpaired) electrons. The van der Waals surface area contributed by atoms with Gasteiger partial charge in [-0.25, -0.2) is 8.78 Å². The van der Waals surface area contributed by atoms with Gasteiger partial charge in [0.2, 0.25) is 0 Å². The lowest BCUT2D eigenvalue weighted by molar-refractivity contribution is -0.134. The van der Waals surface area contributed by atoms with Crippen molar-refractivity contribution < 1.29 is 18.3 Å². The number of rotatable bonds is 6. The fourth-order valence-electron chi connectivity index (χ4n) is 4.48. The molecule has 0 spiro atoms. The van der Waals surface area contributed by atoms with E-state index in [2.05, 4.69) is 16.7 Å². The van der Waals surface area contributed by atoms with Crippen LogP contribution in [0, 0.1) is 11.6 Å². The third kappa shape index (κ3) is 4.19. The normalized spacial score (nSPS) is 11.3. The van der Waals surface area contributed by atoms with Crippen molar-refractivity contribution in [3.63, 3.8) is 0 Å². The first-order valence-corrected chi connectivity index (χ1v) is 12.6. The van der Waals surface area contributed by atoms with E-state index in [-0.39, 0.29) is 18.0 Å². The number of aromatic nitrogens is 1. The summed E-state index contributed by atoms with van der Waals surface area (Å²) in [5, 5.41) is 2.17. The second-order valence-corrected chi connectivity index (χ2v) is 9.03. The highest BCUT2D eigenvalue weighted by Gasteiger charge is 2.22. The van der Waals surface area contributed by atoms with Gasteiger partial charge in [-0.3, -0.25) is 4.79 Å². The number of hydrogen-bond donors (Lipinski definition) is 0. The summed E-state index contributed by atoms with van der Waals surface area (Å²) in [6.45, 7) is 2.22. The molecule has 1 heterocycles. The van der Waals surface area contributed by atoms with Gasteiger partial charge in [0, 0.05) is 45.3 Å². The summed E-state index contributed by atoms with van der Waals surface area (Å²) in [5.74, 6) is -1.41. The molecular weight excluding hydrogens is 464 g/mol. The molecule has 4 aromatic carbocycles. The van der Waals surface area contributed by atoms with Crippen molar-refractivity contribution in [1.82, 2.24) is 4.57 Å². The minimum Gasteiger partial charge on any atom is -0.423 e. The van der Waals surface area contributed by atoms with Crippen molar-refractivity contribution in [1.29, 1.82) is 0 Å². The van der Waals surface area contributed by atoms with Crippen LogP contribution in [0.1, 0.15) is 18.9 Å². The number of fused-ring (bicyclic) bond motifs is 3. The van der Waals surface area contributed by atoms with E-state index in [1.807, 2.05) is 30.5 Å². The number of esters is 1. The smallest absolute Gasteiger partial charge is 0.311 e. The molecule has 176 valence electrons. The predicted molar refractivity (Wildman–Crippen MR) is 138 cm³/mol. The van der Waals surface area contributed by atoms with Crippen LogP contribution < -0.4 is 4.74 Å². The molecule has 0 aliphatic heterocycles. The molecule has 0 bridgehead atoms. The first-order chi connectivity index (χ1) is 17.0. The zero-order valence-electron chi connectivity index (χ0n) is 19.3. The van der Waals surface area contributed by atoms with Gasteiger partial charge in [-0.2, -0.15) is 0 Å². The van der Waals surface area contributed by atoms with Crippen molar-refractivity contribution in [2.45, 2.75) is 24.8 Å². The molecule has 0 saturated heterocycles. The number of nitrogens with zero attached hydrogens (tertiary/aromatic N) is 1. The minimum absolute atomic E-state index is 0.0600. The zero-order chi connectivity index (χ0) is 24.5. The molecule has 0 saturated carbocycles. The molecule has 0 unspecified atom stereocenters. The largest absolute Gasteiger partial charge is 0.423 e. The van der Waals surface area contributed by atoms with Crippen LogP contribution in [0.15, 0.2) is 83.8 Å². The summed E-state index contributed by atoms with van der Waals surface area (Å²) in [6, 6.07) is 23.3. The Morgan fingerprint density at radius 3 is 2.40 bits per heavy atom. The van der Waals surface area contributed by atoms with Crippen LogP contribution in [0.3, 0.4) is 0 Å². The third-order valence-corrected chi connectivity index (χ3v) is 6.93. The van der Waals surface area contributed by atoms with E-state index < -0.39 is 11.8 Å². The molecule has 5 aromatic rings. The summed E-state index contributed by atoms with van der Waals surface area (Å²) in [5.41, 5.74) is 4.33. The first-order valence-electron chi connectivity index (χ1n) is 11.3. The van der Waals surface area contributed by atoms with E-state index >= 15 is 0 Å². The van der Waals surface area contributed by atoms with Crippen LogP contribution in [0.4, 0.5) is 8.78 Å². The van der Waals surface area contributed by atoms with Gasteiger partial charge in [-0.15, -0.1) is 11.8 Å². The summed E-state index contributed by atoms with van der Waals surface area (Å²) in [6.07, 6.45) is 2.13. The van der Waals surface area contributed by atoms with E-state index in [4.69, 9.17) is 4.74 Å². The lowest BCUT2D eigenvalue weighted by Crippen LogP contribution is -2.08. The third-order valence-electron chi connectivity index (χ3n) is 6.11. The quantitative estimate of drug-likeness (QED) is 0.139. The predicted octanol–water partition coefficient (Wildman–Crippen LogP) is 7.83. The highest BCUT2D eigenvalue weighted by atomic mass is 32.2. The van der Waals surface area contributed by atoms with Gasteiger partial charge < -0.3 is 9.30 Å².